The van der Waals surface area contributed by atoms with Crippen LogP contribution >= 0.6 is 23.4 Å². The Morgan fingerprint density at radius 3 is 2.54 bits per heavy atom. The first-order valence-electron chi connectivity index (χ1n) is 8.87. The molecule has 1 aliphatic rings. The van der Waals surface area contributed by atoms with Crippen LogP contribution in [0.3, 0.4) is 0 Å². The number of nitrogens with zero attached hydrogens (tertiary/aromatic N) is 3. The van der Waals surface area contributed by atoms with Crippen LogP contribution in [0.2, 0.25) is 5.02 Å². The van der Waals surface area contributed by atoms with E-state index in [0.29, 0.717) is 32.9 Å². The van der Waals surface area contributed by atoms with Crippen LogP contribution in [0.1, 0.15) is 23.0 Å². The van der Waals surface area contributed by atoms with Crippen molar-refractivity contribution < 1.29 is 9.32 Å². The molecule has 1 atom stereocenters. The quantitative estimate of drug-likeness (QED) is 0.575. The molecule has 3 aromatic rings. The minimum atomic E-state index is -0.222. The number of thioether (sulfide) groups is 1. The molecule has 4 rings (SSSR count). The first kappa shape index (κ1) is 18.8. The van der Waals surface area contributed by atoms with Gasteiger partial charge in [0.1, 0.15) is 17.0 Å². The number of aromatic nitrogens is 1. The van der Waals surface area contributed by atoms with Crippen molar-refractivity contribution >= 4 is 40.1 Å². The van der Waals surface area contributed by atoms with E-state index in [1.165, 1.54) is 0 Å². The highest BCUT2D eigenvalue weighted by Crippen LogP contribution is 2.32. The van der Waals surface area contributed by atoms with Gasteiger partial charge in [-0.05, 0) is 38.1 Å². The average molecular weight is 412 g/mol. The number of aryl methyl sites for hydroxylation is 1. The van der Waals surface area contributed by atoms with Gasteiger partial charge in [-0.3, -0.25) is 14.7 Å². The van der Waals surface area contributed by atoms with Crippen molar-refractivity contribution in [3.8, 4) is 11.3 Å². The van der Waals surface area contributed by atoms with E-state index < -0.39 is 0 Å². The highest BCUT2D eigenvalue weighted by molar-refractivity contribution is 8.14. The van der Waals surface area contributed by atoms with Gasteiger partial charge in [0.25, 0.3) is 5.91 Å². The number of anilines is 1. The molecule has 1 aliphatic heterocycles. The maximum Gasteiger partial charge on any atom is 0.270 e. The van der Waals surface area contributed by atoms with E-state index in [9.17, 15) is 4.79 Å². The molecule has 5 nitrogen and oxygen atoms in total. The van der Waals surface area contributed by atoms with Crippen molar-refractivity contribution in [2.45, 2.75) is 19.9 Å². The van der Waals surface area contributed by atoms with Gasteiger partial charge in [0.2, 0.25) is 0 Å². The van der Waals surface area contributed by atoms with E-state index in [0.717, 1.165) is 11.3 Å². The van der Waals surface area contributed by atoms with Gasteiger partial charge in [-0.1, -0.05) is 58.9 Å². The smallest absolute Gasteiger partial charge is 0.270 e. The zero-order valence-electron chi connectivity index (χ0n) is 15.4. The summed E-state index contributed by atoms with van der Waals surface area (Å²) in [6, 6.07) is 16.9. The minimum Gasteiger partial charge on any atom is -0.360 e. The van der Waals surface area contributed by atoms with Crippen molar-refractivity contribution in [3.05, 3.63) is 70.9 Å². The molecule has 2 aromatic carbocycles. The van der Waals surface area contributed by atoms with E-state index in [1.807, 2.05) is 49.4 Å². The third kappa shape index (κ3) is 3.57. The lowest BCUT2D eigenvalue weighted by molar-refractivity contribution is 0.100. The standard InChI is InChI=1S/C21H18ClN3O2S/c1-13-12-28-21(23-13)25(17-10-8-16(22)9-11-17)20(26)18-14(2)27-24-19(18)15-6-4-3-5-7-15/h3-11,13H,12H2,1-2H3/t13-/m0/s1. The fourth-order valence-electron chi connectivity index (χ4n) is 3.01. The second-order valence-electron chi connectivity index (χ2n) is 6.52. The number of carbonyl (C=O) groups excluding carboxylic acids is 1. The minimum absolute atomic E-state index is 0.153. The Balaban J connectivity index is 1.82. The Hall–Kier alpha value is -2.57. The van der Waals surface area contributed by atoms with Crippen molar-refractivity contribution in [2.24, 2.45) is 4.99 Å². The van der Waals surface area contributed by atoms with Crippen molar-refractivity contribution in [1.29, 1.82) is 0 Å². The number of carbonyl (C=O) groups is 1. The summed E-state index contributed by atoms with van der Waals surface area (Å²) in [4.78, 5) is 20.0. The molecule has 0 fully saturated rings. The molecule has 2 heterocycles. The first-order valence-corrected chi connectivity index (χ1v) is 10.2. The summed E-state index contributed by atoms with van der Waals surface area (Å²) in [7, 11) is 0. The number of rotatable bonds is 3. The number of hydrogen-bond donors (Lipinski definition) is 0. The lowest BCUT2D eigenvalue weighted by Gasteiger charge is -2.22. The van der Waals surface area contributed by atoms with E-state index >= 15 is 0 Å². The summed E-state index contributed by atoms with van der Waals surface area (Å²) in [5.41, 5.74) is 2.49. The summed E-state index contributed by atoms with van der Waals surface area (Å²) < 4.78 is 5.39. The molecule has 0 saturated heterocycles. The maximum absolute atomic E-state index is 13.7. The Labute approximate surface area is 172 Å². The molecule has 28 heavy (non-hydrogen) atoms. The fraction of sp³-hybridized carbons (Fsp3) is 0.190. The molecule has 0 unspecified atom stereocenters. The number of aliphatic imine (C=N–C) groups is 1. The summed E-state index contributed by atoms with van der Waals surface area (Å²) >= 11 is 7.61. The predicted octanol–water partition coefficient (Wildman–Crippen LogP) is 5.44. The second kappa shape index (κ2) is 7.81. The molecule has 0 bridgehead atoms. The lowest BCUT2D eigenvalue weighted by Crippen LogP contribution is -2.35. The van der Waals surface area contributed by atoms with E-state index in [-0.39, 0.29) is 11.9 Å². The Morgan fingerprint density at radius 2 is 1.89 bits per heavy atom. The molecular formula is C21H18ClN3O2S. The van der Waals surface area contributed by atoms with Gasteiger partial charge in [0.15, 0.2) is 5.17 Å². The number of hydrogen-bond acceptors (Lipinski definition) is 5. The zero-order valence-corrected chi connectivity index (χ0v) is 17.0. The normalized spacial score (nSPS) is 16.1. The van der Waals surface area contributed by atoms with E-state index in [2.05, 4.69) is 10.1 Å². The van der Waals surface area contributed by atoms with Gasteiger partial charge in [0, 0.05) is 16.3 Å². The monoisotopic (exact) mass is 411 g/mol. The lowest BCUT2D eigenvalue weighted by atomic mass is 10.1. The maximum atomic E-state index is 13.7. The first-order chi connectivity index (χ1) is 13.5. The molecule has 0 N–H and O–H groups in total. The molecule has 1 aromatic heterocycles. The highest BCUT2D eigenvalue weighted by atomic mass is 35.5. The van der Waals surface area contributed by atoms with Crippen LogP contribution in [0.15, 0.2) is 64.1 Å². The van der Waals surface area contributed by atoms with Gasteiger partial charge in [-0.25, -0.2) is 0 Å². The second-order valence-corrected chi connectivity index (χ2v) is 7.94. The predicted molar refractivity (Wildman–Crippen MR) is 114 cm³/mol. The van der Waals surface area contributed by atoms with Gasteiger partial charge in [-0.15, -0.1) is 0 Å². The topological polar surface area (TPSA) is 58.7 Å². The van der Waals surface area contributed by atoms with Crippen molar-refractivity contribution in [3.63, 3.8) is 0 Å². The number of amides is 1. The van der Waals surface area contributed by atoms with Crippen molar-refractivity contribution in [2.75, 3.05) is 10.7 Å². The summed E-state index contributed by atoms with van der Waals surface area (Å²) in [6.07, 6.45) is 0. The van der Waals surface area contributed by atoms with Gasteiger partial charge >= 0.3 is 0 Å². The molecule has 0 saturated carbocycles. The van der Waals surface area contributed by atoms with Crippen LogP contribution in [-0.2, 0) is 0 Å². The number of halogens is 1. The van der Waals surface area contributed by atoms with Crippen LogP contribution in [0, 0.1) is 6.92 Å². The molecule has 0 radical (unpaired) electrons. The van der Waals surface area contributed by atoms with Crippen LogP contribution in [0.4, 0.5) is 5.69 Å². The molecule has 7 heteroatoms. The van der Waals surface area contributed by atoms with Gasteiger partial charge < -0.3 is 4.52 Å². The van der Waals surface area contributed by atoms with Crippen LogP contribution in [0.25, 0.3) is 11.3 Å². The van der Waals surface area contributed by atoms with Crippen LogP contribution in [0.5, 0.6) is 0 Å². The average Bonchev–Trinajstić information content (AvgIpc) is 3.30. The van der Waals surface area contributed by atoms with Crippen LogP contribution in [-0.4, -0.2) is 28.0 Å². The van der Waals surface area contributed by atoms with Crippen LogP contribution < -0.4 is 4.90 Å². The number of amidine groups is 1. The van der Waals surface area contributed by atoms with E-state index in [4.69, 9.17) is 16.1 Å². The molecule has 142 valence electrons. The zero-order chi connectivity index (χ0) is 19.7. The van der Waals surface area contributed by atoms with Crippen molar-refractivity contribution in [1.82, 2.24) is 5.16 Å². The van der Waals surface area contributed by atoms with Gasteiger partial charge in [-0.2, -0.15) is 0 Å². The third-order valence-electron chi connectivity index (χ3n) is 4.39. The summed E-state index contributed by atoms with van der Waals surface area (Å²) in [6.45, 7) is 3.78. The molecule has 0 aliphatic carbocycles. The highest BCUT2D eigenvalue weighted by Gasteiger charge is 2.32. The summed E-state index contributed by atoms with van der Waals surface area (Å²) in [5.74, 6) is 1.08. The summed E-state index contributed by atoms with van der Waals surface area (Å²) in [5, 5.41) is 5.42. The largest absolute Gasteiger partial charge is 0.360 e. The molecule has 1 amide bonds. The fourth-order valence-corrected chi connectivity index (χ4v) is 4.18. The Morgan fingerprint density at radius 1 is 1.18 bits per heavy atom. The third-order valence-corrected chi connectivity index (χ3v) is 5.83. The SMILES string of the molecule is Cc1onc(-c2ccccc2)c1C(=O)N(C1=N[C@@H](C)CS1)c1ccc(Cl)cc1. The number of benzene rings is 2. The van der Waals surface area contributed by atoms with E-state index in [1.54, 1.807) is 35.7 Å². The van der Waals surface area contributed by atoms with Gasteiger partial charge in [0.05, 0.1) is 11.7 Å². The Bertz CT molecular complexity index is 1030. The molecular weight excluding hydrogens is 394 g/mol. The molecule has 0 spiro atoms. The Kier molecular flexibility index (Phi) is 5.24.